The second-order valence-electron chi connectivity index (χ2n) is 2.69. The molecule has 4 nitrogen and oxygen atoms in total. The number of aromatic nitrogens is 1. The van der Waals surface area contributed by atoms with Crippen molar-refractivity contribution in [2.24, 2.45) is 0 Å². The average molecular weight is 223 g/mol. The molecule has 0 saturated carbocycles. The normalized spacial score (nSPS) is 10.6. The summed E-state index contributed by atoms with van der Waals surface area (Å²) in [5.41, 5.74) is 0.811. The standard InChI is InChI=1S/C8H11NO3S.Na/c10-13(11,12)7-3-5-8-4-1-2-6-9-8;/h1-2,4,6H,3,5,7H2,(H,10,11,12);/q;+1/p-1. The molecule has 0 aliphatic carbocycles. The molecule has 0 aromatic carbocycles. The maximum atomic E-state index is 10.2. The molecular weight excluding hydrogens is 213 g/mol. The van der Waals surface area contributed by atoms with Gasteiger partial charge in [0.05, 0.1) is 10.1 Å². The molecular formula is C8H10NNaO3S. The molecule has 1 rings (SSSR count). The summed E-state index contributed by atoms with van der Waals surface area (Å²) >= 11 is 0. The van der Waals surface area contributed by atoms with E-state index in [0.29, 0.717) is 12.8 Å². The van der Waals surface area contributed by atoms with Gasteiger partial charge >= 0.3 is 29.6 Å². The molecule has 0 atom stereocenters. The van der Waals surface area contributed by atoms with Crippen LogP contribution in [0.15, 0.2) is 24.4 Å². The molecule has 0 saturated heterocycles. The molecule has 14 heavy (non-hydrogen) atoms. The van der Waals surface area contributed by atoms with Crippen molar-refractivity contribution < 1.29 is 42.5 Å². The Labute approximate surface area is 106 Å². The monoisotopic (exact) mass is 223 g/mol. The van der Waals surface area contributed by atoms with Crippen molar-refractivity contribution >= 4 is 10.1 Å². The molecule has 0 amide bonds. The Morgan fingerprint density at radius 2 is 2.07 bits per heavy atom. The first-order valence-corrected chi connectivity index (χ1v) is 5.49. The minimum Gasteiger partial charge on any atom is -0.748 e. The second kappa shape index (κ2) is 6.53. The number of aryl methyl sites for hydroxylation is 1. The predicted molar refractivity (Wildman–Crippen MR) is 47.1 cm³/mol. The van der Waals surface area contributed by atoms with Gasteiger partial charge in [-0.15, -0.1) is 0 Å². The quantitative estimate of drug-likeness (QED) is 0.420. The zero-order valence-electron chi connectivity index (χ0n) is 8.01. The van der Waals surface area contributed by atoms with E-state index in [9.17, 15) is 13.0 Å². The van der Waals surface area contributed by atoms with Crippen molar-refractivity contribution in [3.8, 4) is 0 Å². The van der Waals surface area contributed by atoms with Gasteiger partial charge in [0.15, 0.2) is 0 Å². The van der Waals surface area contributed by atoms with Crippen LogP contribution in [-0.4, -0.2) is 23.7 Å². The van der Waals surface area contributed by atoms with E-state index in [2.05, 4.69) is 4.98 Å². The van der Waals surface area contributed by atoms with E-state index in [1.165, 1.54) is 0 Å². The summed E-state index contributed by atoms with van der Waals surface area (Å²) in [6.07, 6.45) is 2.51. The summed E-state index contributed by atoms with van der Waals surface area (Å²) in [5.74, 6) is -0.316. The van der Waals surface area contributed by atoms with Crippen LogP contribution in [-0.2, 0) is 16.5 Å². The summed E-state index contributed by atoms with van der Waals surface area (Å²) in [5, 5.41) is 0. The van der Waals surface area contributed by atoms with Crippen molar-refractivity contribution in [2.45, 2.75) is 12.8 Å². The number of nitrogens with zero attached hydrogens (tertiary/aromatic N) is 1. The van der Waals surface area contributed by atoms with E-state index < -0.39 is 10.1 Å². The topological polar surface area (TPSA) is 70.1 Å². The van der Waals surface area contributed by atoms with Crippen LogP contribution in [0.4, 0.5) is 0 Å². The molecule has 1 aromatic rings. The van der Waals surface area contributed by atoms with E-state index in [0.717, 1.165) is 5.69 Å². The van der Waals surface area contributed by atoms with Gasteiger partial charge in [-0.2, -0.15) is 0 Å². The van der Waals surface area contributed by atoms with Crippen molar-refractivity contribution in [1.29, 1.82) is 0 Å². The number of hydrogen-bond donors (Lipinski definition) is 0. The second-order valence-corrected chi connectivity index (χ2v) is 4.21. The molecule has 0 unspecified atom stereocenters. The predicted octanol–water partition coefficient (Wildman–Crippen LogP) is -2.44. The summed E-state index contributed by atoms with van der Waals surface area (Å²) in [6, 6.07) is 5.42. The van der Waals surface area contributed by atoms with Crippen molar-refractivity contribution in [1.82, 2.24) is 4.98 Å². The largest absolute Gasteiger partial charge is 1.00 e. The fourth-order valence-corrected chi connectivity index (χ4v) is 1.47. The Balaban J connectivity index is 0.00000169. The van der Waals surface area contributed by atoms with E-state index in [4.69, 9.17) is 0 Å². The molecule has 0 N–H and O–H groups in total. The van der Waals surface area contributed by atoms with Crippen LogP contribution in [0.1, 0.15) is 12.1 Å². The van der Waals surface area contributed by atoms with Gasteiger partial charge in [-0.05, 0) is 25.0 Å². The van der Waals surface area contributed by atoms with Crippen LogP contribution >= 0.6 is 0 Å². The number of hydrogen-bond acceptors (Lipinski definition) is 4. The van der Waals surface area contributed by atoms with Crippen LogP contribution in [0.2, 0.25) is 0 Å². The summed E-state index contributed by atoms with van der Waals surface area (Å²) in [6.45, 7) is 0. The molecule has 0 spiro atoms. The molecule has 6 heteroatoms. The zero-order chi connectivity index (χ0) is 9.73. The van der Waals surface area contributed by atoms with Gasteiger partial charge < -0.3 is 4.55 Å². The van der Waals surface area contributed by atoms with Gasteiger partial charge in [0.1, 0.15) is 0 Å². The van der Waals surface area contributed by atoms with Gasteiger partial charge in [-0.25, -0.2) is 8.42 Å². The van der Waals surface area contributed by atoms with Crippen LogP contribution in [0.5, 0.6) is 0 Å². The Morgan fingerprint density at radius 1 is 1.36 bits per heavy atom. The van der Waals surface area contributed by atoms with Crippen LogP contribution < -0.4 is 29.6 Å². The van der Waals surface area contributed by atoms with Crippen LogP contribution in [0.3, 0.4) is 0 Å². The first kappa shape index (κ1) is 14.1. The van der Waals surface area contributed by atoms with Gasteiger partial charge in [-0.3, -0.25) is 4.98 Å². The van der Waals surface area contributed by atoms with Crippen molar-refractivity contribution in [3.63, 3.8) is 0 Å². The smallest absolute Gasteiger partial charge is 0.748 e. The third-order valence-corrected chi connectivity index (χ3v) is 2.34. The summed E-state index contributed by atoms with van der Waals surface area (Å²) in [4.78, 5) is 4.00. The molecule has 0 aliphatic rings. The molecule has 0 bridgehead atoms. The average Bonchev–Trinajstić information content (AvgIpc) is 2.04. The Bertz CT molecular complexity index is 352. The van der Waals surface area contributed by atoms with Crippen LogP contribution in [0.25, 0.3) is 0 Å². The Hall–Kier alpha value is 0.0600. The Morgan fingerprint density at radius 3 is 2.57 bits per heavy atom. The van der Waals surface area contributed by atoms with Crippen LogP contribution in [0, 0.1) is 0 Å². The zero-order valence-corrected chi connectivity index (χ0v) is 10.8. The Kier molecular flexibility index (Phi) is 6.55. The summed E-state index contributed by atoms with van der Waals surface area (Å²) < 4.78 is 30.7. The summed E-state index contributed by atoms with van der Waals surface area (Å²) in [7, 11) is -4.07. The van der Waals surface area contributed by atoms with E-state index in [1.54, 1.807) is 18.3 Å². The molecule has 0 aliphatic heterocycles. The minimum atomic E-state index is -4.07. The SMILES string of the molecule is O=S(=O)([O-])CCCc1ccccn1.[Na+]. The maximum absolute atomic E-state index is 10.2. The van der Waals surface area contributed by atoms with Gasteiger partial charge in [0, 0.05) is 17.6 Å². The van der Waals surface area contributed by atoms with Gasteiger partial charge in [-0.1, -0.05) is 6.07 Å². The minimum absolute atomic E-state index is 0. The number of pyridine rings is 1. The van der Waals surface area contributed by atoms with Gasteiger partial charge in [0.2, 0.25) is 0 Å². The van der Waals surface area contributed by atoms with Gasteiger partial charge in [0.25, 0.3) is 0 Å². The maximum Gasteiger partial charge on any atom is 1.00 e. The number of rotatable bonds is 4. The van der Waals surface area contributed by atoms with Crippen molar-refractivity contribution in [2.75, 3.05) is 5.75 Å². The molecule has 0 fully saturated rings. The molecule has 1 heterocycles. The first-order chi connectivity index (χ1) is 6.08. The fraction of sp³-hybridized carbons (Fsp3) is 0.375. The fourth-order valence-electron chi connectivity index (χ4n) is 0.976. The van der Waals surface area contributed by atoms with Crippen molar-refractivity contribution in [3.05, 3.63) is 30.1 Å². The third-order valence-electron chi connectivity index (χ3n) is 1.55. The third kappa shape index (κ3) is 6.50. The molecule has 0 radical (unpaired) electrons. The first-order valence-electron chi connectivity index (χ1n) is 3.91. The molecule has 72 valence electrons. The molecule has 1 aromatic heterocycles. The van der Waals surface area contributed by atoms with E-state index >= 15 is 0 Å². The van der Waals surface area contributed by atoms with E-state index in [-0.39, 0.29) is 35.3 Å². The van der Waals surface area contributed by atoms with E-state index in [1.807, 2.05) is 6.07 Å².